The van der Waals surface area contributed by atoms with Crippen molar-refractivity contribution < 1.29 is 4.39 Å². The Morgan fingerprint density at radius 2 is 2.14 bits per heavy atom. The van der Waals surface area contributed by atoms with Crippen molar-refractivity contribution in [2.75, 3.05) is 6.54 Å². The van der Waals surface area contributed by atoms with E-state index in [1.54, 1.807) is 0 Å². The van der Waals surface area contributed by atoms with Gasteiger partial charge in [0.1, 0.15) is 5.82 Å². The molecule has 0 saturated carbocycles. The monoisotopic (exact) mass is 307 g/mol. The minimum Gasteiger partial charge on any atom is -0.312 e. The zero-order valence-electron chi connectivity index (χ0n) is 8.48. The van der Waals surface area contributed by atoms with Crippen LogP contribution >= 0.6 is 22.6 Å². The van der Waals surface area contributed by atoms with Crippen molar-refractivity contribution in [2.24, 2.45) is 5.92 Å². The van der Waals surface area contributed by atoms with Gasteiger partial charge in [-0.15, -0.1) is 0 Å². The van der Waals surface area contributed by atoms with Gasteiger partial charge in [0, 0.05) is 10.1 Å². The molecular weight excluding hydrogens is 292 g/mol. The molecule has 0 fully saturated rings. The molecular formula is C11H15FIN. The molecule has 1 aromatic rings. The van der Waals surface area contributed by atoms with Crippen LogP contribution in [0.15, 0.2) is 18.2 Å². The summed E-state index contributed by atoms with van der Waals surface area (Å²) in [6.45, 7) is 6.14. The number of halogens is 2. The Balaban J connectivity index is 2.47. The minimum absolute atomic E-state index is 0.141. The lowest BCUT2D eigenvalue weighted by atomic mass is 10.2. The highest BCUT2D eigenvalue weighted by Gasteiger charge is 2.00. The Hall–Kier alpha value is -0.160. The maximum absolute atomic E-state index is 12.9. The van der Waals surface area contributed by atoms with Crippen molar-refractivity contribution >= 4 is 22.6 Å². The van der Waals surface area contributed by atoms with Gasteiger partial charge in [0.25, 0.3) is 0 Å². The molecule has 14 heavy (non-hydrogen) atoms. The van der Waals surface area contributed by atoms with Crippen LogP contribution in [0.3, 0.4) is 0 Å². The van der Waals surface area contributed by atoms with Crippen LogP contribution in [0.2, 0.25) is 0 Å². The van der Waals surface area contributed by atoms with E-state index in [1.807, 2.05) is 34.7 Å². The summed E-state index contributed by atoms with van der Waals surface area (Å²) in [5, 5.41) is 3.32. The second-order valence-electron chi connectivity index (χ2n) is 3.77. The van der Waals surface area contributed by atoms with Gasteiger partial charge in [-0.05, 0) is 52.7 Å². The molecule has 0 aliphatic carbocycles. The van der Waals surface area contributed by atoms with Crippen molar-refractivity contribution in [1.82, 2.24) is 5.32 Å². The lowest BCUT2D eigenvalue weighted by Crippen LogP contribution is -2.18. The van der Waals surface area contributed by atoms with E-state index in [1.165, 1.54) is 6.07 Å². The second-order valence-corrected chi connectivity index (χ2v) is 4.94. The standard InChI is InChI=1S/C11H15FIN/c1-8(2)6-14-7-9-3-4-10(12)11(13)5-9/h3-5,8,14H,6-7H2,1-2H3. The van der Waals surface area contributed by atoms with E-state index in [2.05, 4.69) is 19.2 Å². The molecule has 0 spiro atoms. The summed E-state index contributed by atoms with van der Waals surface area (Å²) in [4.78, 5) is 0. The predicted octanol–water partition coefficient (Wildman–Crippen LogP) is 3.18. The molecule has 0 saturated heterocycles. The van der Waals surface area contributed by atoms with Gasteiger partial charge in [0.15, 0.2) is 0 Å². The van der Waals surface area contributed by atoms with Gasteiger partial charge in [-0.1, -0.05) is 19.9 Å². The van der Waals surface area contributed by atoms with E-state index >= 15 is 0 Å². The SMILES string of the molecule is CC(C)CNCc1ccc(F)c(I)c1. The fourth-order valence-corrected chi connectivity index (χ4v) is 1.73. The highest BCUT2D eigenvalue weighted by molar-refractivity contribution is 14.1. The van der Waals surface area contributed by atoms with E-state index < -0.39 is 0 Å². The van der Waals surface area contributed by atoms with E-state index in [9.17, 15) is 4.39 Å². The molecule has 1 aromatic carbocycles. The predicted molar refractivity (Wildman–Crippen MR) is 65.7 cm³/mol. The Kier molecular flexibility index (Phi) is 4.81. The molecule has 0 aliphatic rings. The molecule has 78 valence electrons. The summed E-state index contributed by atoms with van der Waals surface area (Å²) in [6.07, 6.45) is 0. The smallest absolute Gasteiger partial charge is 0.136 e. The maximum atomic E-state index is 12.9. The van der Waals surface area contributed by atoms with Crippen molar-refractivity contribution in [3.05, 3.63) is 33.1 Å². The summed E-state index contributed by atoms with van der Waals surface area (Å²) >= 11 is 2.01. The van der Waals surface area contributed by atoms with Crippen LogP contribution in [-0.4, -0.2) is 6.54 Å². The molecule has 0 unspecified atom stereocenters. The fourth-order valence-electron chi connectivity index (χ4n) is 1.15. The molecule has 1 N–H and O–H groups in total. The lowest BCUT2D eigenvalue weighted by molar-refractivity contribution is 0.551. The normalized spacial score (nSPS) is 10.9. The van der Waals surface area contributed by atoms with Crippen LogP contribution in [0.5, 0.6) is 0 Å². The van der Waals surface area contributed by atoms with E-state index in [-0.39, 0.29) is 5.82 Å². The molecule has 0 amide bonds. The quantitative estimate of drug-likeness (QED) is 0.843. The Morgan fingerprint density at radius 1 is 1.43 bits per heavy atom. The second kappa shape index (κ2) is 5.66. The van der Waals surface area contributed by atoms with Crippen molar-refractivity contribution in [2.45, 2.75) is 20.4 Å². The highest BCUT2D eigenvalue weighted by Crippen LogP contribution is 2.12. The topological polar surface area (TPSA) is 12.0 Å². The number of nitrogens with one attached hydrogen (secondary N) is 1. The molecule has 0 aromatic heterocycles. The summed E-state index contributed by atoms with van der Waals surface area (Å²) in [7, 11) is 0. The zero-order chi connectivity index (χ0) is 10.6. The number of benzene rings is 1. The molecule has 0 atom stereocenters. The van der Waals surface area contributed by atoms with Crippen LogP contribution in [0.1, 0.15) is 19.4 Å². The molecule has 0 bridgehead atoms. The minimum atomic E-state index is -0.141. The third-order valence-corrected chi connectivity index (χ3v) is 2.69. The van der Waals surface area contributed by atoms with Gasteiger partial charge in [-0.25, -0.2) is 4.39 Å². The molecule has 0 aliphatic heterocycles. The van der Waals surface area contributed by atoms with Gasteiger partial charge < -0.3 is 5.32 Å². The van der Waals surface area contributed by atoms with Crippen LogP contribution in [0.25, 0.3) is 0 Å². The first-order chi connectivity index (χ1) is 6.59. The third-order valence-electron chi connectivity index (χ3n) is 1.87. The molecule has 1 rings (SSSR count). The van der Waals surface area contributed by atoms with Crippen LogP contribution in [0, 0.1) is 15.3 Å². The van der Waals surface area contributed by atoms with Crippen molar-refractivity contribution in [3.63, 3.8) is 0 Å². The van der Waals surface area contributed by atoms with E-state index in [4.69, 9.17) is 0 Å². The number of rotatable bonds is 4. The Labute approximate surface area is 98.2 Å². The van der Waals surface area contributed by atoms with E-state index in [0.717, 1.165) is 18.7 Å². The molecule has 0 radical (unpaired) electrons. The van der Waals surface area contributed by atoms with Crippen LogP contribution in [-0.2, 0) is 6.54 Å². The number of hydrogen-bond acceptors (Lipinski definition) is 1. The summed E-state index contributed by atoms with van der Waals surface area (Å²) in [5.41, 5.74) is 1.14. The Morgan fingerprint density at radius 3 is 2.71 bits per heavy atom. The average Bonchev–Trinajstić information content (AvgIpc) is 2.10. The average molecular weight is 307 g/mol. The van der Waals surface area contributed by atoms with Crippen molar-refractivity contribution in [1.29, 1.82) is 0 Å². The first kappa shape index (κ1) is 11.9. The number of hydrogen-bond donors (Lipinski definition) is 1. The highest BCUT2D eigenvalue weighted by atomic mass is 127. The van der Waals surface area contributed by atoms with Gasteiger partial charge in [0.2, 0.25) is 0 Å². The summed E-state index contributed by atoms with van der Waals surface area (Å²) in [5.74, 6) is 0.507. The summed E-state index contributed by atoms with van der Waals surface area (Å²) < 4.78 is 13.6. The van der Waals surface area contributed by atoms with Gasteiger partial charge in [-0.2, -0.15) is 0 Å². The Bertz CT molecular complexity index is 299. The first-order valence-corrected chi connectivity index (χ1v) is 5.82. The van der Waals surface area contributed by atoms with E-state index in [0.29, 0.717) is 9.49 Å². The largest absolute Gasteiger partial charge is 0.312 e. The van der Waals surface area contributed by atoms with Gasteiger partial charge in [-0.3, -0.25) is 0 Å². The molecule has 1 nitrogen and oxygen atoms in total. The lowest BCUT2D eigenvalue weighted by Gasteiger charge is -2.07. The first-order valence-electron chi connectivity index (χ1n) is 4.74. The van der Waals surface area contributed by atoms with Crippen LogP contribution in [0.4, 0.5) is 4.39 Å². The maximum Gasteiger partial charge on any atom is 0.136 e. The fraction of sp³-hybridized carbons (Fsp3) is 0.455. The zero-order valence-corrected chi connectivity index (χ0v) is 10.6. The molecule has 0 heterocycles. The third kappa shape index (κ3) is 3.92. The van der Waals surface area contributed by atoms with Crippen LogP contribution < -0.4 is 5.32 Å². The summed E-state index contributed by atoms with van der Waals surface area (Å²) in [6, 6.07) is 5.22. The van der Waals surface area contributed by atoms with Gasteiger partial charge >= 0.3 is 0 Å². The molecule has 3 heteroatoms. The van der Waals surface area contributed by atoms with Gasteiger partial charge in [0.05, 0.1) is 0 Å². The van der Waals surface area contributed by atoms with Crippen molar-refractivity contribution in [3.8, 4) is 0 Å².